The van der Waals surface area contributed by atoms with E-state index in [-0.39, 0.29) is 35.2 Å². The van der Waals surface area contributed by atoms with E-state index in [2.05, 4.69) is 139 Å². The van der Waals surface area contributed by atoms with E-state index in [1.165, 1.54) is 16.7 Å². The fourth-order valence-corrected chi connectivity index (χ4v) is 9.66. The second-order valence-corrected chi connectivity index (χ2v) is 20.0. The minimum absolute atomic E-state index is 0. The molecule has 0 aliphatic heterocycles. The maximum Gasteiger partial charge on any atom is 0.190 e. The molecule has 2 aliphatic rings. The molecule has 0 heterocycles. The number of allylic oxidation sites excluding steroid dienone is 6. The number of benzene rings is 7. The van der Waals surface area contributed by atoms with E-state index in [4.69, 9.17) is 0 Å². The minimum Gasteiger partial charge on any atom is -0.507 e. The molecule has 0 unspecified atom stereocenters. The highest BCUT2D eigenvalue weighted by Gasteiger charge is 2.38. The van der Waals surface area contributed by atoms with Gasteiger partial charge in [0.15, 0.2) is 11.6 Å². The van der Waals surface area contributed by atoms with Gasteiger partial charge in [0.2, 0.25) is 0 Å². The lowest BCUT2D eigenvalue weighted by atomic mass is 9.68. The number of fused-ring (bicyclic) bond motifs is 3. The fraction of sp³-hybridized carbons (Fsp3) is 0.250. The van der Waals surface area contributed by atoms with Crippen molar-refractivity contribution in [2.24, 2.45) is 10.8 Å². The summed E-state index contributed by atoms with van der Waals surface area (Å²) in [6.07, 6.45) is 9.75. The van der Waals surface area contributed by atoms with Crippen LogP contribution in [0.4, 0.5) is 0 Å². The van der Waals surface area contributed by atoms with Crippen LogP contribution in [0, 0.1) is 10.8 Å². The van der Waals surface area contributed by atoms with Crippen LogP contribution in [0.15, 0.2) is 199 Å². The second-order valence-electron chi connectivity index (χ2n) is 20.0. The summed E-state index contributed by atoms with van der Waals surface area (Å²) < 4.78 is 0. The third kappa shape index (κ3) is 10.6. The first-order chi connectivity index (χ1) is 31.7. The lowest BCUT2D eigenvalue weighted by Gasteiger charge is -2.34. The van der Waals surface area contributed by atoms with E-state index >= 15 is 0 Å². The van der Waals surface area contributed by atoms with Gasteiger partial charge in [-0.2, -0.15) is 0 Å². The summed E-state index contributed by atoms with van der Waals surface area (Å²) in [5.74, 6) is 0.613. The first-order valence-corrected chi connectivity index (χ1v) is 23.5. The monoisotopic (exact) mass is 883 g/mol. The number of carbonyl (C=O) groups excluding carboxylic acids is 2. The molecule has 9 rings (SSSR count). The standard InChI is InChI=1S/C42H40O2.C21H22O.CH4/c1-41(2,25-23-29-15-7-5-8-16-29)37-27-35(31-19-11-13-21-33(31)39(37)43)36-28-38(40(44)34-22-14-12-20-32(34)36)42(3,4)26-24-30-17-9-6-10-18-30;1-21(2,15-14-16-8-4-3-5-9-16)19-13-12-17-10-6-7-11-18(17)20(19)22;/h5-22,27-28H,23-26H2,1-4H3;3-13,22H,14-15H2,1-2H3;1H4/b36-35+;;. The van der Waals surface area contributed by atoms with E-state index in [9.17, 15) is 14.7 Å². The number of aryl methyl sites for hydroxylation is 3. The Kier molecular flexibility index (Phi) is 14.6. The van der Waals surface area contributed by atoms with Gasteiger partial charge in [0.1, 0.15) is 5.75 Å². The molecule has 67 heavy (non-hydrogen) atoms. The maximum atomic E-state index is 14.1. The average Bonchev–Trinajstić information content (AvgIpc) is 3.34. The van der Waals surface area contributed by atoms with Crippen LogP contribution in [0.3, 0.4) is 0 Å². The van der Waals surface area contributed by atoms with Gasteiger partial charge in [0.05, 0.1) is 0 Å². The first kappa shape index (κ1) is 48.1. The molecule has 7 aromatic carbocycles. The Morgan fingerprint density at radius 1 is 0.388 bits per heavy atom. The predicted octanol–water partition coefficient (Wildman–Crippen LogP) is 16.3. The third-order valence-corrected chi connectivity index (χ3v) is 14.0. The molecule has 0 aromatic heterocycles. The van der Waals surface area contributed by atoms with Gasteiger partial charge in [-0.1, -0.05) is 225 Å². The summed E-state index contributed by atoms with van der Waals surface area (Å²) in [5.41, 5.74) is 11.1. The molecule has 0 saturated carbocycles. The minimum atomic E-state index is -0.349. The van der Waals surface area contributed by atoms with Gasteiger partial charge < -0.3 is 5.11 Å². The number of phenols is 1. The van der Waals surface area contributed by atoms with Crippen molar-refractivity contribution >= 4 is 33.5 Å². The molecule has 0 bridgehead atoms. The molecule has 0 saturated heterocycles. The van der Waals surface area contributed by atoms with Crippen molar-refractivity contribution in [1.29, 1.82) is 0 Å². The van der Waals surface area contributed by atoms with Crippen LogP contribution in [-0.4, -0.2) is 16.7 Å². The van der Waals surface area contributed by atoms with Crippen molar-refractivity contribution < 1.29 is 14.7 Å². The predicted molar refractivity (Wildman–Crippen MR) is 282 cm³/mol. The smallest absolute Gasteiger partial charge is 0.190 e. The summed E-state index contributed by atoms with van der Waals surface area (Å²) in [6.45, 7) is 13.1. The molecule has 3 heteroatoms. The molecule has 0 radical (unpaired) electrons. The summed E-state index contributed by atoms with van der Waals surface area (Å²) in [7, 11) is 0. The van der Waals surface area contributed by atoms with Gasteiger partial charge in [0.25, 0.3) is 0 Å². The van der Waals surface area contributed by atoms with Crippen LogP contribution in [0.25, 0.3) is 21.9 Å². The largest absolute Gasteiger partial charge is 0.507 e. The number of hydrogen-bond donors (Lipinski definition) is 1. The van der Waals surface area contributed by atoms with Crippen molar-refractivity contribution in [2.45, 2.75) is 92.9 Å². The second kappa shape index (κ2) is 20.4. The third-order valence-electron chi connectivity index (χ3n) is 14.0. The Bertz CT molecular complexity index is 2830. The average molecular weight is 883 g/mol. The van der Waals surface area contributed by atoms with Crippen LogP contribution in [0.5, 0.6) is 5.75 Å². The molecule has 7 aromatic rings. The highest BCUT2D eigenvalue weighted by atomic mass is 16.3. The maximum absolute atomic E-state index is 14.1. The molecule has 0 spiro atoms. The van der Waals surface area contributed by atoms with Gasteiger partial charge >= 0.3 is 0 Å². The Hall–Kier alpha value is -6.84. The number of aromatic hydroxyl groups is 1. The zero-order chi connectivity index (χ0) is 46.5. The molecule has 3 nitrogen and oxygen atoms in total. The van der Waals surface area contributed by atoms with Gasteiger partial charge in [-0.15, -0.1) is 0 Å². The zero-order valence-corrected chi connectivity index (χ0v) is 39.4. The summed E-state index contributed by atoms with van der Waals surface area (Å²) in [5, 5.41) is 12.7. The molecular formula is C64H66O3. The van der Waals surface area contributed by atoms with Gasteiger partial charge in [-0.05, 0) is 111 Å². The Morgan fingerprint density at radius 3 is 1.15 bits per heavy atom. The number of ketones is 2. The molecular weight excluding hydrogens is 817 g/mol. The lowest BCUT2D eigenvalue weighted by Crippen LogP contribution is -2.27. The van der Waals surface area contributed by atoms with Crippen molar-refractivity contribution in [3.8, 4) is 5.75 Å². The van der Waals surface area contributed by atoms with Crippen LogP contribution in [0.1, 0.15) is 122 Å². The highest BCUT2D eigenvalue weighted by Crippen LogP contribution is 2.47. The Labute approximate surface area is 399 Å². The normalized spacial score (nSPS) is 14.8. The first-order valence-electron chi connectivity index (χ1n) is 23.5. The van der Waals surface area contributed by atoms with E-state index in [1.807, 2.05) is 91.0 Å². The van der Waals surface area contributed by atoms with Crippen molar-refractivity contribution in [3.05, 3.63) is 244 Å². The van der Waals surface area contributed by atoms with E-state index < -0.39 is 0 Å². The lowest BCUT2D eigenvalue weighted by molar-refractivity contribution is 0.0994. The zero-order valence-electron chi connectivity index (χ0n) is 39.4. The number of phenolic OH excluding ortho intramolecular Hbond substituents is 1. The van der Waals surface area contributed by atoms with Gasteiger partial charge in [0, 0.05) is 33.2 Å². The van der Waals surface area contributed by atoms with Crippen molar-refractivity contribution in [2.75, 3.05) is 0 Å². The molecule has 1 N–H and O–H groups in total. The quantitative estimate of drug-likeness (QED) is 0.133. The Morgan fingerprint density at radius 2 is 0.731 bits per heavy atom. The molecule has 0 atom stereocenters. The van der Waals surface area contributed by atoms with Crippen LogP contribution in [-0.2, 0) is 24.7 Å². The summed E-state index contributed by atoms with van der Waals surface area (Å²) in [6, 6.07) is 59.6. The molecule has 0 amide bonds. The number of rotatable bonds is 12. The van der Waals surface area contributed by atoms with Gasteiger partial charge in [-0.25, -0.2) is 0 Å². The number of carbonyl (C=O) groups is 2. The van der Waals surface area contributed by atoms with Crippen molar-refractivity contribution in [1.82, 2.24) is 0 Å². The number of Topliss-reactive ketones (excluding diaryl/α,β-unsaturated/α-hetero) is 2. The summed E-state index contributed by atoms with van der Waals surface area (Å²) >= 11 is 0. The Balaban J connectivity index is 0.000000243. The van der Waals surface area contributed by atoms with Gasteiger partial charge in [-0.3, -0.25) is 9.59 Å². The molecule has 340 valence electrons. The van der Waals surface area contributed by atoms with Crippen LogP contribution < -0.4 is 0 Å². The van der Waals surface area contributed by atoms with E-state index in [0.717, 1.165) is 99.4 Å². The SMILES string of the molecule is C.CC(C)(CCc1ccccc1)C1=C/C(=C2/C=C(C(C)(C)CCc3ccccc3)C(=O)c3ccccc32)c2ccccc2C1=O.CC(C)(CCc1ccccc1)c1ccc2ccccc2c1O. The van der Waals surface area contributed by atoms with Crippen molar-refractivity contribution in [3.63, 3.8) is 0 Å². The summed E-state index contributed by atoms with van der Waals surface area (Å²) in [4.78, 5) is 28.2. The highest BCUT2D eigenvalue weighted by molar-refractivity contribution is 6.23. The number of hydrogen-bond acceptors (Lipinski definition) is 3. The topological polar surface area (TPSA) is 54.4 Å². The fourth-order valence-electron chi connectivity index (χ4n) is 9.66. The molecule has 2 aliphatic carbocycles. The van der Waals surface area contributed by atoms with Crippen LogP contribution >= 0.6 is 0 Å². The molecule has 0 fully saturated rings. The van der Waals surface area contributed by atoms with E-state index in [1.54, 1.807) is 0 Å². The van der Waals surface area contributed by atoms with Crippen LogP contribution in [0.2, 0.25) is 0 Å². The van der Waals surface area contributed by atoms with E-state index in [0.29, 0.717) is 5.75 Å².